The Morgan fingerprint density at radius 1 is 0.909 bits per heavy atom. The molecule has 2 rings (SSSR count). The van der Waals surface area contributed by atoms with Crippen LogP contribution in [0.15, 0.2) is 42.5 Å². The molecule has 0 bridgehead atoms. The van der Waals surface area contributed by atoms with E-state index in [0.29, 0.717) is 11.1 Å². The molecule has 0 unspecified atom stereocenters. The summed E-state index contributed by atoms with van der Waals surface area (Å²) in [5, 5.41) is 0. The van der Waals surface area contributed by atoms with Crippen molar-refractivity contribution in [3.8, 4) is 17.2 Å². The van der Waals surface area contributed by atoms with Gasteiger partial charge in [-0.1, -0.05) is 18.2 Å². The second kappa shape index (κ2) is 7.26. The van der Waals surface area contributed by atoms with Crippen LogP contribution in [0.2, 0.25) is 0 Å². The molecule has 0 aromatic heterocycles. The van der Waals surface area contributed by atoms with E-state index in [-0.39, 0.29) is 21.0 Å². The Morgan fingerprint density at radius 2 is 1.45 bits per heavy atom. The van der Waals surface area contributed by atoms with Gasteiger partial charge in [0, 0.05) is 28.2 Å². The molecule has 0 aliphatic heterocycles. The Morgan fingerprint density at radius 3 is 1.91 bits per heavy atom. The number of hydrogen-bond donors (Lipinski definition) is 0. The lowest BCUT2D eigenvalue weighted by Gasteiger charge is -2.14. The molecule has 0 fully saturated rings. The summed E-state index contributed by atoms with van der Waals surface area (Å²) in [6, 6.07) is 11.6. The van der Waals surface area contributed by atoms with Crippen LogP contribution in [0.25, 0.3) is 0 Å². The van der Waals surface area contributed by atoms with Gasteiger partial charge in [0.25, 0.3) is 0 Å². The van der Waals surface area contributed by atoms with Crippen molar-refractivity contribution >= 4 is 32.4 Å². The van der Waals surface area contributed by atoms with Crippen LogP contribution in [0.4, 0.5) is 0 Å². The van der Waals surface area contributed by atoms with Gasteiger partial charge >= 0.3 is 5.97 Å². The molecule has 0 aliphatic carbocycles. The third-order valence-electron chi connectivity index (χ3n) is 2.89. The first kappa shape index (κ1) is 16.3. The number of methoxy groups -OCH3 is 2. The molecule has 0 saturated heterocycles. The molecule has 2 aromatic rings. The predicted octanol–water partition coefficient (Wildman–Crippen LogP) is 3.50. The lowest BCUT2D eigenvalue weighted by atomic mass is 10.2. The maximum absolute atomic E-state index is 12.2. The fourth-order valence-corrected chi connectivity index (χ4v) is 2.13. The Bertz CT molecular complexity index is 672. The van der Waals surface area contributed by atoms with E-state index >= 15 is 0 Å². The van der Waals surface area contributed by atoms with Crippen LogP contribution in [-0.2, 0) is 0 Å². The Kier molecular flexibility index (Phi) is 5.37. The third kappa shape index (κ3) is 3.56. The van der Waals surface area contributed by atoms with Gasteiger partial charge in [0.15, 0.2) is 11.5 Å². The summed E-state index contributed by atoms with van der Waals surface area (Å²) < 4.78 is 15.6. The second-order valence-electron chi connectivity index (χ2n) is 4.24. The molecule has 5 nitrogen and oxygen atoms in total. The minimum absolute atomic E-state index is 0.139. The Balaban J connectivity index is 2.41. The van der Waals surface area contributed by atoms with E-state index < -0.39 is 5.97 Å². The van der Waals surface area contributed by atoms with E-state index in [4.69, 9.17) is 14.2 Å². The van der Waals surface area contributed by atoms with Crippen molar-refractivity contribution in [3.05, 3.63) is 53.6 Å². The van der Waals surface area contributed by atoms with Gasteiger partial charge in [0.05, 0.1) is 19.8 Å². The predicted molar refractivity (Wildman–Crippen MR) is 89.3 cm³/mol. The number of halogens is 1. The number of benzene rings is 2. The summed E-state index contributed by atoms with van der Waals surface area (Å²) in [7, 11) is 2.85. The summed E-state index contributed by atoms with van der Waals surface area (Å²) in [6.45, 7) is 0. The Hall–Kier alpha value is -2.09. The largest absolute Gasteiger partial charge is 0.493 e. The minimum Gasteiger partial charge on any atom is -0.493 e. The van der Waals surface area contributed by atoms with Gasteiger partial charge in [-0.15, -0.1) is 0 Å². The zero-order chi connectivity index (χ0) is 16.1. The van der Waals surface area contributed by atoms with Gasteiger partial charge in [-0.05, 0) is 24.3 Å². The van der Waals surface area contributed by atoms with E-state index in [9.17, 15) is 9.59 Å². The van der Waals surface area contributed by atoms with Crippen LogP contribution >= 0.6 is 22.6 Å². The molecule has 0 amide bonds. The summed E-state index contributed by atoms with van der Waals surface area (Å²) in [6.07, 6.45) is 0. The Labute approximate surface area is 141 Å². The van der Waals surface area contributed by atoms with Crippen LogP contribution in [-0.4, -0.2) is 24.0 Å². The van der Waals surface area contributed by atoms with Crippen molar-refractivity contribution in [1.82, 2.24) is 0 Å². The molecular formula is C16H13IO5. The molecule has 6 heteroatoms. The number of carbonyl (C=O) groups is 2. The zero-order valence-electron chi connectivity index (χ0n) is 12.0. The van der Waals surface area contributed by atoms with Gasteiger partial charge in [-0.2, -0.15) is 0 Å². The highest BCUT2D eigenvalue weighted by atomic mass is 127. The molecular weight excluding hydrogens is 399 g/mol. The van der Waals surface area contributed by atoms with Gasteiger partial charge in [0.1, 0.15) is 0 Å². The van der Waals surface area contributed by atoms with Crippen molar-refractivity contribution in [3.63, 3.8) is 0 Å². The first-order valence-electron chi connectivity index (χ1n) is 6.30. The monoisotopic (exact) mass is 412 g/mol. The lowest BCUT2D eigenvalue weighted by Crippen LogP contribution is -2.10. The van der Waals surface area contributed by atoms with Gasteiger partial charge in [0.2, 0.25) is 9.54 Å². The average Bonchev–Trinajstić information content (AvgIpc) is 2.55. The van der Waals surface area contributed by atoms with E-state index in [1.165, 1.54) is 26.4 Å². The summed E-state index contributed by atoms with van der Waals surface area (Å²) in [5.74, 6) is 0.110. The molecule has 0 atom stereocenters. The molecule has 0 N–H and O–H groups in total. The number of carbonyl (C=O) groups excluding carboxylic acids is 2. The smallest absolute Gasteiger partial charge is 0.343 e. The van der Waals surface area contributed by atoms with Crippen LogP contribution in [0.5, 0.6) is 17.2 Å². The number of esters is 1. The topological polar surface area (TPSA) is 61.8 Å². The lowest BCUT2D eigenvalue weighted by molar-refractivity contribution is 0.0724. The third-order valence-corrected chi connectivity index (χ3v) is 3.51. The van der Waals surface area contributed by atoms with Crippen LogP contribution in [0.3, 0.4) is 0 Å². The fourth-order valence-electron chi connectivity index (χ4n) is 1.82. The van der Waals surface area contributed by atoms with Crippen molar-refractivity contribution < 1.29 is 23.8 Å². The van der Waals surface area contributed by atoms with Crippen molar-refractivity contribution in [2.45, 2.75) is 0 Å². The van der Waals surface area contributed by atoms with E-state index in [2.05, 4.69) is 0 Å². The summed E-state index contributed by atoms with van der Waals surface area (Å²) in [4.78, 5) is 23.7. The van der Waals surface area contributed by atoms with Crippen molar-refractivity contribution in [2.24, 2.45) is 0 Å². The van der Waals surface area contributed by atoms with Gasteiger partial charge in [-0.25, -0.2) is 4.79 Å². The van der Waals surface area contributed by atoms with E-state index in [1.807, 2.05) is 0 Å². The maximum atomic E-state index is 12.2. The highest BCUT2D eigenvalue weighted by molar-refractivity contribution is 14.1. The van der Waals surface area contributed by atoms with Crippen LogP contribution < -0.4 is 14.2 Å². The fraction of sp³-hybridized carbons (Fsp3) is 0.125. The summed E-state index contributed by atoms with van der Waals surface area (Å²) in [5.41, 5.74) is 0.800. The number of ether oxygens (including phenoxy) is 3. The normalized spacial score (nSPS) is 9.95. The summed E-state index contributed by atoms with van der Waals surface area (Å²) >= 11 is 1.66. The van der Waals surface area contributed by atoms with Crippen LogP contribution in [0.1, 0.15) is 20.7 Å². The quantitative estimate of drug-likeness (QED) is 0.326. The average molecular weight is 412 g/mol. The number of rotatable bonds is 5. The molecule has 0 spiro atoms. The molecule has 0 saturated carbocycles. The van der Waals surface area contributed by atoms with Crippen LogP contribution in [0, 0.1) is 0 Å². The first-order valence-corrected chi connectivity index (χ1v) is 7.37. The molecule has 0 aliphatic rings. The minimum atomic E-state index is -0.536. The molecule has 0 radical (unpaired) electrons. The van der Waals surface area contributed by atoms with Crippen molar-refractivity contribution in [1.29, 1.82) is 0 Å². The molecule has 114 valence electrons. The molecule has 22 heavy (non-hydrogen) atoms. The highest BCUT2D eigenvalue weighted by Crippen LogP contribution is 2.39. The second-order valence-corrected chi connectivity index (χ2v) is 5.22. The zero-order valence-corrected chi connectivity index (χ0v) is 14.1. The molecule has 2 aromatic carbocycles. The SMILES string of the molecule is COc1cc(C(=O)I)cc(OC)c1OC(=O)c1ccccc1. The van der Waals surface area contributed by atoms with E-state index in [1.54, 1.807) is 52.9 Å². The van der Waals surface area contributed by atoms with Crippen molar-refractivity contribution in [2.75, 3.05) is 14.2 Å². The highest BCUT2D eigenvalue weighted by Gasteiger charge is 2.20. The number of hydrogen-bond acceptors (Lipinski definition) is 5. The van der Waals surface area contributed by atoms with Gasteiger partial charge < -0.3 is 14.2 Å². The maximum Gasteiger partial charge on any atom is 0.343 e. The van der Waals surface area contributed by atoms with E-state index in [0.717, 1.165) is 0 Å². The molecule has 0 heterocycles. The van der Waals surface area contributed by atoms with Gasteiger partial charge in [-0.3, -0.25) is 4.79 Å². The standard InChI is InChI=1S/C16H13IO5/c1-20-12-8-11(15(17)18)9-13(21-2)14(12)22-16(19)10-6-4-3-5-7-10/h3-9H,1-2H3. The first-order chi connectivity index (χ1) is 10.6.